The number of esters is 1. The van der Waals surface area contributed by atoms with Crippen LogP contribution in [0.25, 0.3) is 11.3 Å². The van der Waals surface area contributed by atoms with Crippen LogP contribution in [0.5, 0.6) is 11.5 Å². The fraction of sp³-hybridized carbons (Fsp3) is 0.182. The van der Waals surface area contributed by atoms with Gasteiger partial charge < -0.3 is 19.5 Å². The normalized spacial score (nSPS) is 12.8. The van der Waals surface area contributed by atoms with Gasteiger partial charge in [-0.1, -0.05) is 0 Å². The van der Waals surface area contributed by atoms with Crippen molar-refractivity contribution < 1.29 is 23.8 Å². The van der Waals surface area contributed by atoms with Gasteiger partial charge in [-0.15, -0.1) is 0 Å². The number of methoxy groups -OCH3 is 1. The molecule has 0 fully saturated rings. The van der Waals surface area contributed by atoms with Gasteiger partial charge in [0.15, 0.2) is 11.5 Å². The molecule has 3 aromatic rings. The lowest BCUT2D eigenvalue weighted by Gasteiger charge is -2.15. The lowest BCUT2D eigenvalue weighted by atomic mass is 10.1. The van der Waals surface area contributed by atoms with Crippen LogP contribution in [0.3, 0.4) is 0 Å². The SMILES string of the molecule is COC(=O)c1ccc(NC(=O)C(C)n2nc(-c3ccc4c(c3)OCO4)ccc2=O)cc1. The number of amides is 1. The summed E-state index contributed by atoms with van der Waals surface area (Å²) < 4.78 is 16.5. The molecule has 9 nitrogen and oxygen atoms in total. The highest BCUT2D eigenvalue weighted by molar-refractivity contribution is 5.94. The predicted octanol–water partition coefficient (Wildman–Crippen LogP) is 2.63. The summed E-state index contributed by atoms with van der Waals surface area (Å²) in [5.74, 6) is 0.340. The Hall–Kier alpha value is -4.14. The van der Waals surface area contributed by atoms with Gasteiger partial charge >= 0.3 is 5.97 Å². The topological polar surface area (TPSA) is 109 Å². The minimum atomic E-state index is -0.873. The first kappa shape index (κ1) is 20.1. The number of carbonyl (C=O) groups is 2. The minimum Gasteiger partial charge on any atom is -0.465 e. The average Bonchev–Trinajstić information content (AvgIpc) is 3.27. The van der Waals surface area contributed by atoms with Gasteiger partial charge in [0.2, 0.25) is 12.7 Å². The Morgan fingerprint density at radius 1 is 1.06 bits per heavy atom. The molecular formula is C22H19N3O6. The number of anilines is 1. The van der Waals surface area contributed by atoms with E-state index in [2.05, 4.69) is 15.2 Å². The van der Waals surface area contributed by atoms with E-state index in [0.29, 0.717) is 28.4 Å². The van der Waals surface area contributed by atoms with Crippen LogP contribution in [0, 0.1) is 0 Å². The maximum absolute atomic E-state index is 12.7. The van der Waals surface area contributed by atoms with Crippen molar-refractivity contribution in [1.29, 1.82) is 0 Å². The third kappa shape index (κ3) is 4.11. The largest absolute Gasteiger partial charge is 0.465 e. The molecule has 0 spiro atoms. The van der Waals surface area contributed by atoms with Gasteiger partial charge in [-0.25, -0.2) is 9.48 Å². The Labute approximate surface area is 177 Å². The third-order valence-corrected chi connectivity index (χ3v) is 4.81. The van der Waals surface area contributed by atoms with Crippen molar-refractivity contribution in [3.63, 3.8) is 0 Å². The fourth-order valence-electron chi connectivity index (χ4n) is 3.08. The number of nitrogens with one attached hydrogen (secondary N) is 1. The number of fused-ring (bicyclic) bond motifs is 1. The van der Waals surface area contributed by atoms with Gasteiger partial charge in [0.05, 0.1) is 18.4 Å². The number of rotatable bonds is 5. The molecule has 4 rings (SSSR count). The average molecular weight is 421 g/mol. The Morgan fingerprint density at radius 3 is 2.55 bits per heavy atom. The number of aromatic nitrogens is 2. The molecule has 0 aliphatic carbocycles. The van der Waals surface area contributed by atoms with Crippen molar-refractivity contribution in [2.75, 3.05) is 19.2 Å². The van der Waals surface area contributed by atoms with Crippen LogP contribution in [-0.4, -0.2) is 35.6 Å². The Morgan fingerprint density at radius 2 is 1.81 bits per heavy atom. The maximum atomic E-state index is 12.7. The molecule has 1 aliphatic rings. The summed E-state index contributed by atoms with van der Waals surface area (Å²) in [5.41, 5.74) is 1.67. The first-order chi connectivity index (χ1) is 15.0. The van der Waals surface area contributed by atoms with E-state index in [1.165, 1.54) is 25.3 Å². The molecule has 2 aromatic carbocycles. The van der Waals surface area contributed by atoms with Crippen LogP contribution in [-0.2, 0) is 9.53 Å². The summed E-state index contributed by atoms with van der Waals surface area (Å²) in [7, 11) is 1.29. The maximum Gasteiger partial charge on any atom is 0.337 e. The standard InChI is InChI=1S/C22H19N3O6/c1-13(21(27)23-16-6-3-14(4-7-16)22(28)29-2)25-20(26)10-8-17(24-25)15-5-9-18-19(11-15)31-12-30-18/h3-11,13H,12H2,1-2H3,(H,23,27). The van der Waals surface area contributed by atoms with Crippen LogP contribution in [0.1, 0.15) is 23.3 Å². The quantitative estimate of drug-likeness (QED) is 0.631. The van der Waals surface area contributed by atoms with Crippen molar-refractivity contribution in [2.24, 2.45) is 0 Å². The monoisotopic (exact) mass is 421 g/mol. The van der Waals surface area contributed by atoms with Crippen molar-refractivity contribution in [3.05, 3.63) is 70.5 Å². The molecule has 1 aliphatic heterocycles. The lowest BCUT2D eigenvalue weighted by molar-refractivity contribution is -0.119. The molecule has 158 valence electrons. The van der Waals surface area contributed by atoms with Crippen LogP contribution >= 0.6 is 0 Å². The second kappa shape index (κ2) is 8.31. The van der Waals surface area contributed by atoms with E-state index < -0.39 is 23.5 Å². The molecule has 0 bridgehead atoms. The van der Waals surface area contributed by atoms with E-state index in [4.69, 9.17) is 9.47 Å². The van der Waals surface area contributed by atoms with Gasteiger partial charge in [-0.05, 0) is 55.5 Å². The van der Waals surface area contributed by atoms with Crippen LogP contribution < -0.4 is 20.3 Å². The second-order valence-corrected chi connectivity index (χ2v) is 6.80. The number of nitrogens with zero attached hydrogens (tertiary/aromatic N) is 2. The molecule has 31 heavy (non-hydrogen) atoms. The molecule has 1 N–H and O–H groups in total. The van der Waals surface area contributed by atoms with Gasteiger partial charge in [0.25, 0.3) is 5.56 Å². The molecule has 9 heteroatoms. The zero-order valence-corrected chi connectivity index (χ0v) is 16.8. The molecule has 0 saturated carbocycles. The molecular weight excluding hydrogens is 402 g/mol. The highest BCUT2D eigenvalue weighted by atomic mass is 16.7. The number of ether oxygens (including phenoxy) is 3. The van der Waals surface area contributed by atoms with E-state index in [9.17, 15) is 14.4 Å². The zero-order chi connectivity index (χ0) is 22.0. The number of benzene rings is 2. The molecule has 1 atom stereocenters. The van der Waals surface area contributed by atoms with E-state index >= 15 is 0 Å². The summed E-state index contributed by atoms with van der Waals surface area (Å²) >= 11 is 0. The molecule has 1 aromatic heterocycles. The Kier molecular flexibility index (Phi) is 5.40. The first-order valence-electron chi connectivity index (χ1n) is 9.45. The summed E-state index contributed by atoms with van der Waals surface area (Å²) in [4.78, 5) is 36.6. The van der Waals surface area contributed by atoms with Crippen molar-refractivity contribution in [3.8, 4) is 22.8 Å². The minimum absolute atomic E-state index is 0.156. The fourth-order valence-corrected chi connectivity index (χ4v) is 3.08. The predicted molar refractivity (Wildman–Crippen MR) is 111 cm³/mol. The van der Waals surface area contributed by atoms with Crippen LogP contribution in [0.4, 0.5) is 5.69 Å². The van der Waals surface area contributed by atoms with Gasteiger partial charge in [0, 0.05) is 17.3 Å². The molecule has 0 saturated heterocycles. The van der Waals surface area contributed by atoms with Crippen LogP contribution in [0.2, 0.25) is 0 Å². The summed E-state index contributed by atoms with van der Waals surface area (Å²) in [6, 6.07) is 13.7. The summed E-state index contributed by atoms with van der Waals surface area (Å²) in [5, 5.41) is 7.08. The van der Waals surface area contributed by atoms with Crippen molar-refractivity contribution in [1.82, 2.24) is 9.78 Å². The van der Waals surface area contributed by atoms with E-state index in [-0.39, 0.29) is 6.79 Å². The number of hydrogen-bond donors (Lipinski definition) is 1. The third-order valence-electron chi connectivity index (χ3n) is 4.81. The van der Waals surface area contributed by atoms with E-state index in [0.717, 1.165) is 10.2 Å². The highest BCUT2D eigenvalue weighted by Crippen LogP contribution is 2.35. The lowest BCUT2D eigenvalue weighted by Crippen LogP contribution is -2.33. The zero-order valence-electron chi connectivity index (χ0n) is 16.8. The summed E-state index contributed by atoms with van der Waals surface area (Å²) in [6.45, 7) is 1.74. The number of hydrogen-bond acceptors (Lipinski definition) is 7. The first-order valence-corrected chi connectivity index (χ1v) is 9.45. The van der Waals surface area contributed by atoms with E-state index in [1.54, 1.807) is 43.3 Å². The van der Waals surface area contributed by atoms with Crippen molar-refractivity contribution in [2.45, 2.75) is 13.0 Å². The van der Waals surface area contributed by atoms with E-state index in [1.807, 2.05) is 0 Å². The van der Waals surface area contributed by atoms with Gasteiger partial charge in [0.1, 0.15) is 6.04 Å². The molecule has 1 unspecified atom stereocenters. The molecule has 0 radical (unpaired) electrons. The molecule has 1 amide bonds. The van der Waals surface area contributed by atoms with Gasteiger partial charge in [-0.3, -0.25) is 9.59 Å². The smallest absolute Gasteiger partial charge is 0.337 e. The Balaban J connectivity index is 1.54. The van der Waals surface area contributed by atoms with Crippen molar-refractivity contribution >= 4 is 17.6 Å². The second-order valence-electron chi connectivity index (χ2n) is 6.80. The molecule has 2 heterocycles. The number of carbonyl (C=O) groups excluding carboxylic acids is 2. The van der Waals surface area contributed by atoms with Crippen LogP contribution in [0.15, 0.2) is 59.4 Å². The highest BCUT2D eigenvalue weighted by Gasteiger charge is 2.20. The summed E-state index contributed by atoms with van der Waals surface area (Å²) in [6.07, 6.45) is 0. The van der Waals surface area contributed by atoms with Gasteiger partial charge in [-0.2, -0.15) is 5.10 Å². The Bertz CT molecular complexity index is 1200.